The minimum atomic E-state index is -3.64. The average molecular weight is 384 g/mol. The molecule has 8 heteroatoms. The van der Waals surface area contributed by atoms with Crippen molar-refractivity contribution in [2.45, 2.75) is 44.0 Å². The number of carbonyl (C=O) groups excluding carboxylic acids is 1. The lowest BCUT2D eigenvalue weighted by Crippen LogP contribution is -2.45. The zero-order valence-electron chi connectivity index (χ0n) is 15.5. The van der Waals surface area contributed by atoms with Crippen LogP contribution < -0.4 is 15.2 Å². The maximum Gasteiger partial charge on any atom is 0.240 e. The molecule has 0 aromatic heterocycles. The molecule has 0 spiro atoms. The Morgan fingerprint density at radius 3 is 2.69 bits per heavy atom. The van der Waals surface area contributed by atoms with Gasteiger partial charge in [-0.15, -0.1) is 0 Å². The molecule has 146 valence electrons. The number of piperidine rings is 1. The Balaban J connectivity index is 1.84. The Bertz CT molecular complexity index is 689. The van der Waals surface area contributed by atoms with E-state index in [1.54, 1.807) is 17.0 Å². The summed E-state index contributed by atoms with van der Waals surface area (Å²) in [6, 6.07) is 6.28. The van der Waals surface area contributed by atoms with Gasteiger partial charge in [0.05, 0.1) is 11.5 Å². The number of nitrogens with one attached hydrogen (secondary N) is 1. The second-order valence-corrected chi connectivity index (χ2v) is 8.42. The Kier molecular flexibility index (Phi) is 7.43. The summed E-state index contributed by atoms with van der Waals surface area (Å²) in [6.07, 6.45) is 2.11. The van der Waals surface area contributed by atoms with Gasteiger partial charge in [-0.2, -0.15) is 0 Å². The molecule has 3 N–H and O–H groups in total. The summed E-state index contributed by atoms with van der Waals surface area (Å²) in [4.78, 5) is 14.3. The molecule has 1 saturated heterocycles. The predicted molar refractivity (Wildman–Crippen MR) is 100 cm³/mol. The Morgan fingerprint density at radius 2 is 2.08 bits per heavy atom. The van der Waals surface area contributed by atoms with Gasteiger partial charge < -0.3 is 15.4 Å². The van der Waals surface area contributed by atoms with Crippen LogP contribution in [0.1, 0.15) is 33.1 Å². The van der Waals surface area contributed by atoms with E-state index >= 15 is 0 Å². The van der Waals surface area contributed by atoms with Gasteiger partial charge in [0, 0.05) is 32.1 Å². The topological polar surface area (TPSA) is 102 Å². The summed E-state index contributed by atoms with van der Waals surface area (Å²) < 4.78 is 32.4. The Morgan fingerprint density at radius 1 is 1.38 bits per heavy atom. The van der Waals surface area contributed by atoms with E-state index in [4.69, 9.17) is 10.5 Å². The number of sulfonamides is 1. The molecule has 1 aliphatic heterocycles. The van der Waals surface area contributed by atoms with E-state index in [0.29, 0.717) is 31.4 Å². The van der Waals surface area contributed by atoms with Gasteiger partial charge in [-0.05, 0) is 56.9 Å². The van der Waals surface area contributed by atoms with E-state index < -0.39 is 10.0 Å². The first-order valence-electron chi connectivity index (χ1n) is 9.09. The number of nitrogens with two attached hydrogens (primary N) is 1. The fraction of sp³-hybridized carbons (Fsp3) is 0.611. The fourth-order valence-electron chi connectivity index (χ4n) is 3.08. The number of amides is 1. The molecule has 0 bridgehead atoms. The summed E-state index contributed by atoms with van der Waals surface area (Å²) in [7, 11) is -3.64. The zero-order chi connectivity index (χ0) is 19.2. The molecule has 1 aromatic carbocycles. The molecule has 2 unspecified atom stereocenters. The van der Waals surface area contributed by atoms with Crippen LogP contribution in [0.5, 0.6) is 5.75 Å². The lowest BCUT2D eigenvalue weighted by molar-refractivity contribution is -0.132. The number of likely N-dealkylation sites (tertiary alicyclic amines) is 1. The van der Waals surface area contributed by atoms with Crippen LogP contribution in [-0.4, -0.2) is 51.5 Å². The second-order valence-electron chi connectivity index (χ2n) is 6.65. The van der Waals surface area contributed by atoms with Crippen LogP contribution in [0.15, 0.2) is 29.2 Å². The number of carbonyl (C=O) groups is 1. The van der Waals surface area contributed by atoms with Crippen molar-refractivity contribution in [3.63, 3.8) is 0 Å². The van der Waals surface area contributed by atoms with Crippen LogP contribution >= 0.6 is 0 Å². The molecule has 0 radical (unpaired) electrons. The number of ether oxygens (including phenoxy) is 1. The number of hydrogen-bond acceptors (Lipinski definition) is 5. The van der Waals surface area contributed by atoms with Crippen LogP contribution in [0.2, 0.25) is 0 Å². The Hall–Kier alpha value is -1.64. The van der Waals surface area contributed by atoms with Gasteiger partial charge in [0.25, 0.3) is 0 Å². The van der Waals surface area contributed by atoms with Crippen molar-refractivity contribution in [2.75, 3.05) is 26.2 Å². The predicted octanol–water partition coefficient (Wildman–Crippen LogP) is 1.34. The third-order valence-corrected chi connectivity index (χ3v) is 6.11. The molecule has 7 nitrogen and oxygen atoms in total. The van der Waals surface area contributed by atoms with E-state index in [1.807, 2.05) is 13.8 Å². The van der Waals surface area contributed by atoms with Gasteiger partial charge in [-0.25, -0.2) is 13.1 Å². The van der Waals surface area contributed by atoms with Crippen molar-refractivity contribution in [3.8, 4) is 5.75 Å². The molecule has 0 saturated carbocycles. The fourth-order valence-corrected chi connectivity index (χ4v) is 4.11. The quantitative estimate of drug-likeness (QED) is 0.705. The van der Waals surface area contributed by atoms with Crippen molar-refractivity contribution in [1.82, 2.24) is 9.62 Å². The first-order valence-corrected chi connectivity index (χ1v) is 10.6. The molecule has 1 aliphatic rings. The van der Waals surface area contributed by atoms with Crippen LogP contribution in [-0.2, 0) is 14.8 Å². The standard InChI is InChI=1S/C18H29N3O4S/c1-3-25-16-6-8-17(9-7-16)26(23,24)20-11-10-18(22)21-12-4-5-15(13-21)14(2)19/h6-9,14-15,20H,3-5,10-13,19H2,1-2H3. The molecule has 1 heterocycles. The summed E-state index contributed by atoms with van der Waals surface area (Å²) in [5.74, 6) is 0.897. The van der Waals surface area contributed by atoms with Gasteiger partial charge >= 0.3 is 0 Å². The lowest BCUT2D eigenvalue weighted by Gasteiger charge is -2.34. The van der Waals surface area contributed by atoms with Gasteiger partial charge in [-0.3, -0.25) is 4.79 Å². The number of nitrogens with zero attached hydrogens (tertiary/aromatic N) is 1. The largest absolute Gasteiger partial charge is 0.494 e. The minimum absolute atomic E-state index is 0.0373. The normalized spacial score (nSPS) is 19.2. The molecular formula is C18H29N3O4S. The maximum absolute atomic E-state index is 12.3. The first-order chi connectivity index (χ1) is 12.3. The van der Waals surface area contributed by atoms with Crippen molar-refractivity contribution >= 4 is 15.9 Å². The van der Waals surface area contributed by atoms with E-state index in [9.17, 15) is 13.2 Å². The minimum Gasteiger partial charge on any atom is -0.494 e. The van der Waals surface area contributed by atoms with E-state index in [1.165, 1.54) is 12.1 Å². The molecule has 1 amide bonds. The number of rotatable bonds is 8. The highest BCUT2D eigenvalue weighted by atomic mass is 32.2. The Labute approximate surface area is 155 Å². The molecule has 2 rings (SSSR count). The van der Waals surface area contributed by atoms with Crippen LogP contribution in [0.4, 0.5) is 0 Å². The maximum atomic E-state index is 12.3. The van der Waals surface area contributed by atoms with E-state index in [0.717, 1.165) is 12.8 Å². The highest BCUT2D eigenvalue weighted by molar-refractivity contribution is 7.89. The number of benzene rings is 1. The monoisotopic (exact) mass is 383 g/mol. The van der Waals surface area contributed by atoms with Gasteiger partial charge in [-0.1, -0.05) is 0 Å². The molecular weight excluding hydrogens is 354 g/mol. The summed E-state index contributed by atoms with van der Waals surface area (Å²) in [5, 5.41) is 0. The van der Waals surface area contributed by atoms with Crippen LogP contribution in [0.25, 0.3) is 0 Å². The van der Waals surface area contributed by atoms with Gasteiger partial charge in [0.15, 0.2) is 0 Å². The highest BCUT2D eigenvalue weighted by Crippen LogP contribution is 2.19. The molecule has 1 aromatic rings. The summed E-state index contributed by atoms with van der Waals surface area (Å²) in [5.41, 5.74) is 5.94. The van der Waals surface area contributed by atoms with Gasteiger partial charge in [0.1, 0.15) is 5.75 Å². The lowest BCUT2D eigenvalue weighted by atomic mass is 9.92. The molecule has 2 atom stereocenters. The van der Waals surface area contributed by atoms with Gasteiger partial charge in [0.2, 0.25) is 15.9 Å². The molecule has 1 fully saturated rings. The zero-order valence-corrected chi connectivity index (χ0v) is 16.3. The third-order valence-electron chi connectivity index (χ3n) is 4.63. The first kappa shape index (κ1) is 20.7. The molecule has 26 heavy (non-hydrogen) atoms. The van der Waals surface area contributed by atoms with Crippen molar-refractivity contribution in [1.29, 1.82) is 0 Å². The SMILES string of the molecule is CCOc1ccc(S(=O)(=O)NCCC(=O)N2CCCC(C(C)N)C2)cc1. The van der Waals surface area contributed by atoms with E-state index in [2.05, 4.69) is 4.72 Å². The highest BCUT2D eigenvalue weighted by Gasteiger charge is 2.25. The van der Waals surface area contributed by atoms with E-state index in [-0.39, 0.29) is 29.8 Å². The van der Waals surface area contributed by atoms with Crippen molar-refractivity contribution in [3.05, 3.63) is 24.3 Å². The summed E-state index contributed by atoms with van der Waals surface area (Å²) >= 11 is 0. The second kappa shape index (κ2) is 9.34. The van der Waals surface area contributed by atoms with Crippen molar-refractivity contribution in [2.24, 2.45) is 11.7 Å². The third kappa shape index (κ3) is 5.69. The molecule has 0 aliphatic carbocycles. The van der Waals surface area contributed by atoms with Crippen LogP contribution in [0.3, 0.4) is 0 Å². The smallest absolute Gasteiger partial charge is 0.240 e. The van der Waals surface area contributed by atoms with Crippen LogP contribution in [0, 0.1) is 5.92 Å². The van der Waals surface area contributed by atoms with Crippen molar-refractivity contribution < 1.29 is 17.9 Å². The average Bonchev–Trinajstić information content (AvgIpc) is 2.62. The number of hydrogen-bond donors (Lipinski definition) is 2. The summed E-state index contributed by atoms with van der Waals surface area (Å²) in [6.45, 7) is 5.79.